The molecule has 1 aliphatic heterocycles. The Morgan fingerprint density at radius 2 is 2.00 bits per heavy atom. The first kappa shape index (κ1) is 18.1. The van der Waals surface area contributed by atoms with Crippen LogP contribution in [0.5, 0.6) is 11.5 Å². The molecule has 2 aromatic carbocycles. The quantitative estimate of drug-likeness (QED) is 0.678. The number of nitrogens with zero attached hydrogens (tertiary/aromatic N) is 2. The molecule has 6 nitrogen and oxygen atoms in total. The maximum Gasteiger partial charge on any atom is 0.337 e. The molecule has 0 spiro atoms. The molecule has 0 radical (unpaired) electrons. The predicted octanol–water partition coefficient (Wildman–Crippen LogP) is 5.21. The van der Waals surface area contributed by atoms with Crippen molar-refractivity contribution in [3.8, 4) is 11.5 Å². The molecule has 0 aromatic heterocycles. The average Bonchev–Trinajstić information content (AvgIpc) is 2.66. The van der Waals surface area contributed by atoms with E-state index in [9.17, 15) is 9.90 Å². The van der Waals surface area contributed by atoms with E-state index in [-0.39, 0.29) is 5.57 Å². The molecule has 1 aliphatic rings. The Morgan fingerprint density at radius 1 is 1.27 bits per heavy atom. The summed E-state index contributed by atoms with van der Waals surface area (Å²) in [6, 6.07) is 12.4. The number of carboxylic acids is 1. The number of carbonyl (C=O) groups is 1. The molecule has 134 valence electrons. The van der Waals surface area contributed by atoms with Gasteiger partial charge in [0.2, 0.25) is 0 Å². The first-order chi connectivity index (χ1) is 12.5. The monoisotopic (exact) mass is 416 g/mol. The van der Waals surface area contributed by atoms with Crippen molar-refractivity contribution < 1.29 is 19.4 Å². The molecule has 0 saturated heterocycles. The van der Waals surface area contributed by atoms with Crippen molar-refractivity contribution >= 4 is 33.7 Å². The molecule has 0 bridgehead atoms. The molecule has 1 N–H and O–H groups in total. The Balaban J connectivity index is 2.05. The topological polar surface area (TPSA) is 80.5 Å². The fourth-order valence-electron chi connectivity index (χ4n) is 2.64. The molecular formula is C19H17BrN2O4. The zero-order valence-corrected chi connectivity index (χ0v) is 15.9. The number of methoxy groups -OCH3 is 1. The lowest BCUT2D eigenvalue weighted by molar-refractivity contribution is -0.134. The van der Waals surface area contributed by atoms with Crippen LogP contribution >= 0.6 is 15.9 Å². The van der Waals surface area contributed by atoms with Crippen LogP contribution in [0.1, 0.15) is 18.9 Å². The van der Waals surface area contributed by atoms with Crippen LogP contribution in [0.2, 0.25) is 0 Å². The van der Waals surface area contributed by atoms with Gasteiger partial charge in [-0.15, -0.1) is 5.11 Å². The number of hydrogen-bond acceptors (Lipinski definition) is 5. The van der Waals surface area contributed by atoms with Gasteiger partial charge in [0.25, 0.3) is 5.72 Å². The van der Waals surface area contributed by atoms with E-state index in [0.717, 1.165) is 4.47 Å². The van der Waals surface area contributed by atoms with Gasteiger partial charge in [-0.3, -0.25) is 0 Å². The summed E-state index contributed by atoms with van der Waals surface area (Å²) in [4.78, 5) is 11.8. The van der Waals surface area contributed by atoms with E-state index in [4.69, 9.17) is 9.47 Å². The lowest BCUT2D eigenvalue weighted by Gasteiger charge is -2.33. The maximum absolute atomic E-state index is 11.8. The van der Waals surface area contributed by atoms with Crippen molar-refractivity contribution in [2.75, 3.05) is 7.11 Å². The minimum Gasteiger partial charge on any atom is -0.497 e. The highest BCUT2D eigenvalue weighted by molar-refractivity contribution is 9.10. The predicted molar refractivity (Wildman–Crippen MR) is 101 cm³/mol. The highest BCUT2D eigenvalue weighted by Gasteiger charge is 2.43. The fourth-order valence-corrected chi connectivity index (χ4v) is 2.90. The second-order valence-corrected chi connectivity index (χ2v) is 6.60. The van der Waals surface area contributed by atoms with Crippen LogP contribution in [-0.4, -0.2) is 23.9 Å². The van der Waals surface area contributed by atoms with E-state index in [1.54, 1.807) is 43.5 Å². The number of halogens is 1. The Kier molecular flexibility index (Phi) is 5.08. The van der Waals surface area contributed by atoms with Gasteiger partial charge >= 0.3 is 5.97 Å². The van der Waals surface area contributed by atoms with Gasteiger partial charge in [0, 0.05) is 22.5 Å². The first-order valence-corrected chi connectivity index (χ1v) is 8.77. The Morgan fingerprint density at radius 3 is 2.62 bits per heavy atom. The molecule has 26 heavy (non-hydrogen) atoms. The third-order valence-electron chi connectivity index (χ3n) is 4.08. The van der Waals surface area contributed by atoms with Crippen LogP contribution in [0, 0.1) is 0 Å². The third kappa shape index (κ3) is 3.48. The van der Waals surface area contributed by atoms with E-state index in [0.29, 0.717) is 29.2 Å². The van der Waals surface area contributed by atoms with Gasteiger partial charge in [-0.05, 0) is 42.5 Å². The average molecular weight is 417 g/mol. The summed E-state index contributed by atoms with van der Waals surface area (Å²) in [5, 5.41) is 18.2. The van der Waals surface area contributed by atoms with Gasteiger partial charge in [0.15, 0.2) is 0 Å². The van der Waals surface area contributed by atoms with Crippen LogP contribution in [0.3, 0.4) is 0 Å². The highest BCUT2D eigenvalue weighted by atomic mass is 79.9. The van der Waals surface area contributed by atoms with Crippen molar-refractivity contribution in [1.29, 1.82) is 0 Å². The second-order valence-electron chi connectivity index (χ2n) is 5.68. The fraction of sp³-hybridized carbons (Fsp3) is 0.211. The van der Waals surface area contributed by atoms with Gasteiger partial charge in [0.05, 0.1) is 12.8 Å². The molecule has 1 heterocycles. The van der Waals surface area contributed by atoms with Crippen molar-refractivity contribution in [3.05, 3.63) is 58.1 Å². The molecule has 0 fully saturated rings. The van der Waals surface area contributed by atoms with Gasteiger partial charge in [0.1, 0.15) is 17.1 Å². The number of hydrogen-bond donors (Lipinski definition) is 1. The van der Waals surface area contributed by atoms with Crippen molar-refractivity contribution in [2.24, 2.45) is 10.2 Å². The summed E-state index contributed by atoms with van der Waals surface area (Å²) in [6.07, 6.45) is 1.88. The molecule has 0 aliphatic carbocycles. The number of fused-ring (bicyclic) bond motifs is 1. The second kappa shape index (κ2) is 7.29. The Labute approximate surface area is 159 Å². The SMILES string of the molecule is CCC1(/N=N/c2ccc(Br)cc2)Oc2cc(OC)ccc2C=C1C(=O)O. The first-order valence-electron chi connectivity index (χ1n) is 7.98. The lowest BCUT2D eigenvalue weighted by Crippen LogP contribution is -2.40. The maximum atomic E-state index is 11.8. The van der Waals surface area contributed by atoms with Crippen molar-refractivity contribution in [2.45, 2.75) is 19.1 Å². The van der Waals surface area contributed by atoms with Gasteiger partial charge in [-0.1, -0.05) is 22.9 Å². The van der Waals surface area contributed by atoms with E-state index in [2.05, 4.69) is 26.2 Å². The zero-order chi connectivity index (χ0) is 18.7. The molecule has 2 aromatic rings. The standard InChI is InChI=1S/C19H17BrN2O4/c1-3-19(22-21-14-7-5-13(20)6-8-14)16(18(23)24)10-12-4-9-15(25-2)11-17(12)26-19/h4-11H,3H2,1-2H3,(H,23,24)/b22-21+. The summed E-state index contributed by atoms with van der Waals surface area (Å²) in [5.41, 5.74) is -0.103. The summed E-state index contributed by atoms with van der Waals surface area (Å²) in [6.45, 7) is 1.81. The number of benzene rings is 2. The molecule has 1 atom stereocenters. The number of azo groups is 1. The molecule has 0 saturated carbocycles. The van der Waals surface area contributed by atoms with E-state index >= 15 is 0 Å². The van der Waals surface area contributed by atoms with E-state index in [1.165, 1.54) is 0 Å². The minimum absolute atomic E-state index is 0.0403. The van der Waals surface area contributed by atoms with Gasteiger partial charge < -0.3 is 14.6 Å². The van der Waals surface area contributed by atoms with Crippen LogP contribution < -0.4 is 9.47 Å². The van der Waals surface area contributed by atoms with Crippen molar-refractivity contribution in [3.63, 3.8) is 0 Å². The molecule has 1 unspecified atom stereocenters. The Hall–Kier alpha value is -2.67. The summed E-state index contributed by atoms with van der Waals surface area (Å²) in [7, 11) is 1.56. The smallest absolute Gasteiger partial charge is 0.337 e. The van der Waals surface area contributed by atoms with Gasteiger partial charge in [-0.2, -0.15) is 5.11 Å². The van der Waals surface area contributed by atoms with Crippen LogP contribution in [0.15, 0.2) is 62.7 Å². The van der Waals surface area contributed by atoms with Crippen LogP contribution in [-0.2, 0) is 4.79 Å². The van der Waals surface area contributed by atoms with Crippen molar-refractivity contribution in [1.82, 2.24) is 0 Å². The number of aliphatic carboxylic acids is 1. The highest BCUT2D eigenvalue weighted by Crippen LogP contribution is 2.41. The summed E-state index contributed by atoms with van der Waals surface area (Å²) >= 11 is 3.36. The Bertz CT molecular complexity index is 893. The third-order valence-corrected chi connectivity index (χ3v) is 4.61. The molecule has 7 heteroatoms. The number of ether oxygens (including phenoxy) is 2. The largest absolute Gasteiger partial charge is 0.497 e. The molecule has 3 rings (SSSR count). The van der Waals surface area contributed by atoms with E-state index in [1.807, 2.05) is 19.1 Å². The lowest BCUT2D eigenvalue weighted by atomic mass is 9.94. The van der Waals surface area contributed by atoms with E-state index < -0.39 is 11.7 Å². The number of carboxylic acid groups (broad SMARTS) is 1. The van der Waals surface area contributed by atoms with Crippen LogP contribution in [0.4, 0.5) is 5.69 Å². The normalized spacial score (nSPS) is 18.8. The number of rotatable bonds is 5. The molecule has 0 amide bonds. The van der Waals surface area contributed by atoms with Gasteiger partial charge in [-0.25, -0.2) is 4.79 Å². The summed E-state index contributed by atoms with van der Waals surface area (Å²) in [5.74, 6) is 0.0276. The summed E-state index contributed by atoms with van der Waals surface area (Å²) < 4.78 is 12.2. The molecular weight excluding hydrogens is 400 g/mol. The van der Waals surface area contributed by atoms with Crippen LogP contribution in [0.25, 0.3) is 6.08 Å². The minimum atomic E-state index is -1.40. The zero-order valence-electron chi connectivity index (χ0n) is 14.3.